The van der Waals surface area contributed by atoms with Crippen LogP contribution in [0.25, 0.3) is 0 Å². The summed E-state index contributed by atoms with van der Waals surface area (Å²) in [5.74, 6) is -1.40. The zero-order valence-electron chi connectivity index (χ0n) is 12.1. The summed E-state index contributed by atoms with van der Waals surface area (Å²) in [6.45, 7) is 1.35. The van der Waals surface area contributed by atoms with E-state index in [2.05, 4.69) is 10.6 Å². The first-order valence-corrected chi connectivity index (χ1v) is 7.41. The summed E-state index contributed by atoms with van der Waals surface area (Å²) in [5, 5.41) is 5.52. The fraction of sp³-hybridized carbons (Fsp3) is 0.125. The van der Waals surface area contributed by atoms with Crippen LogP contribution in [0.15, 0.2) is 36.4 Å². The molecular weight excluding hydrogens is 342 g/mol. The van der Waals surface area contributed by atoms with E-state index in [0.29, 0.717) is 16.3 Å². The number of carbonyl (C=O) groups excluding carboxylic acids is 2. The molecule has 0 saturated carbocycles. The number of aryl methyl sites for hydroxylation is 1. The smallest absolute Gasteiger partial charge is 0.253 e. The lowest BCUT2D eigenvalue weighted by Crippen LogP contribution is -2.33. The number of hydrogen-bond acceptors (Lipinski definition) is 2. The van der Waals surface area contributed by atoms with E-state index in [1.807, 2.05) is 0 Å². The van der Waals surface area contributed by atoms with Crippen molar-refractivity contribution in [1.29, 1.82) is 0 Å². The van der Waals surface area contributed by atoms with Gasteiger partial charge in [-0.25, -0.2) is 4.39 Å². The van der Waals surface area contributed by atoms with Gasteiger partial charge in [0.15, 0.2) is 0 Å². The number of hydrogen-bond donors (Lipinski definition) is 2. The van der Waals surface area contributed by atoms with Gasteiger partial charge in [-0.2, -0.15) is 0 Å². The van der Waals surface area contributed by atoms with Gasteiger partial charge in [0.25, 0.3) is 5.91 Å². The fourth-order valence-corrected chi connectivity index (χ4v) is 2.30. The Bertz CT molecular complexity index is 766. The quantitative estimate of drug-likeness (QED) is 0.876. The summed E-state index contributed by atoms with van der Waals surface area (Å²) < 4.78 is 13.4. The summed E-state index contributed by atoms with van der Waals surface area (Å²) in [6.07, 6.45) is 0. The van der Waals surface area contributed by atoms with E-state index in [-0.39, 0.29) is 17.1 Å². The molecule has 0 atom stereocenters. The number of rotatable bonds is 4. The highest BCUT2D eigenvalue weighted by atomic mass is 35.5. The van der Waals surface area contributed by atoms with Crippen LogP contribution in [-0.4, -0.2) is 18.4 Å². The van der Waals surface area contributed by atoms with Crippen molar-refractivity contribution >= 4 is 40.7 Å². The minimum absolute atomic E-state index is 0.191. The maximum Gasteiger partial charge on any atom is 0.253 e. The fourth-order valence-electron chi connectivity index (χ4n) is 1.81. The van der Waals surface area contributed by atoms with Crippen molar-refractivity contribution < 1.29 is 14.0 Å². The second-order valence-corrected chi connectivity index (χ2v) is 5.66. The molecule has 0 saturated heterocycles. The normalized spacial score (nSPS) is 10.3. The molecule has 2 rings (SSSR count). The average Bonchev–Trinajstić information content (AvgIpc) is 2.48. The Hall–Kier alpha value is -2.11. The summed E-state index contributed by atoms with van der Waals surface area (Å²) >= 11 is 11.7. The minimum atomic E-state index is -0.503. The van der Waals surface area contributed by atoms with Gasteiger partial charge >= 0.3 is 0 Å². The van der Waals surface area contributed by atoms with Crippen LogP contribution < -0.4 is 10.6 Å². The van der Waals surface area contributed by atoms with Gasteiger partial charge in [0.05, 0.1) is 17.1 Å². The molecule has 0 aliphatic heterocycles. The van der Waals surface area contributed by atoms with Gasteiger partial charge in [-0.1, -0.05) is 29.3 Å². The van der Waals surface area contributed by atoms with Crippen molar-refractivity contribution in [2.45, 2.75) is 6.92 Å². The van der Waals surface area contributed by atoms with Crippen molar-refractivity contribution in [3.63, 3.8) is 0 Å². The third-order valence-corrected chi connectivity index (χ3v) is 3.59. The van der Waals surface area contributed by atoms with Gasteiger partial charge in [0, 0.05) is 10.7 Å². The molecule has 0 aliphatic carbocycles. The van der Waals surface area contributed by atoms with Crippen LogP contribution in [0.2, 0.25) is 10.0 Å². The van der Waals surface area contributed by atoms with E-state index in [0.717, 1.165) is 0 Å². The van der Waals surface area contributed by atoms with Gasteiger partial charge < -0.3 is 10.6 Å². The van der Waals surface area contributed by atoms with Gasteiger partial charge in [-0.3, -0.25) is 9.59 Å². The lowest BCUT2D eigenvalue weighted by Gasteiger charge is -2.09. The number of anilines is 1. The number of nitrogens with one attached hydrogen (secondary N) is 2. The maximum absolute atomic E-state index is 13.4. The van der Waals surface area contributed by atoms with Crippen LogP contribution in [0.3, 0.4) is 0 Å². The third kappa shape index (κ3) is 4.68. The molecule has 2 aromatic carbocycles. The predicted octanol–water partition coefficient (Wildman–Crippen LogP) is 3.81. The molecule has 0 aromatic heterocycles. The van der Waals surface area contributed by atoms with Gasteiger partial charge in [-0.15, -0.1) is 0 Å². The second kappa shape index (κ2) is 7.44. The highest BCUT2D eigenvalue weighted by Gasteiger charge is 2.12. The van der Waals surface area contributed by atoms with E-state index in [1.54, 1.807) is 19.1 Å². The van der Waals surface area contributed by atoms with Crippen LogP contribution in [0, 0.1) is 12.7 Å². The summed E-state index contributed by atoms with van der Waals surface area (Å²) in [5.41, 5.74) is 1.01. The van der Waals surface area contributed by atoms with Crippen LogP contribution in [0.4, 0.5) is 10.1 Å². The first-order valence-electron chi connectivity index (χ1n) is 6.66. The minimum Gasteiger partial charge on any atom is -0.343 e. The highest BCUT2D eigenvalue weighted by molar-refractivity contribution is 6.36. The van der Waals surface area contributed by atoms with Crippen LogP contribution in [-0.2, 0) is 4.79 Å². The van der Waals surface area contributed by atoms with Gasteiger partial charge in [-0.05, 0) is 42.8 Å². The molecule has 7 heteroatoms. The Morgan fingerprint density at radius 2 is 1.87 bits per heavy atom. The molecular formula is C16H13Cl2FN2O2. The van der Waals surface area contributed by atoms with Crippen molar-refractivity contribution in [2.24, 2.45) is 0 Å². The number of carbonyl (C=O) groups is 2. The standard InChI is InChI=1S/C16H13Cl2FN2O2/c1-9-2-4-11(7-14(9)19)21-15(22)8-20-16(23)12-5-3-10(17)6-13(12)18/h2-7H,8H2,1H3,(H,20,23)(H,21,22). The molecule has 0 aliphatic rings. The molecule has 0 heterocycles. The largest absolute Gasteiger partial charge is 0.343 e. The van der Waals surface area contributed by atoms with E-state index in [1.165, 1.54) is 24.3 Å². The Morgan fingerprint density at radius 3 is 2.52 bits per heavy atom. The predicted molar refractivity (Wildman–Crippen MR) is 88.6 cm³/mol. The topological polar surface area (TPSA) is 58.2 Å². The van der Waals surface area contributed by atoms with Gasteiger partial charge in [0.2, 0.25) is 5.91 Å². The molecule has 120 valence electrons. The molecule has 0 radical (unpaired) electrons. The molecule has 2 amide bonds. The third-order valence-electron chi connectivity index (χ3n) is 3.04. The number of benzene rings is 2. The SMILES string of the molecule is Cc1ccc(NC(=O)CNC(=O)c2ccc(Cl)cc2Cl)cc1F. The first kappa shape index (κ1) is 17.2. The molecule has 0 unspecified atom stereocenters. The summed E-state index contributed by atoms with van der Waals surface area (Å²) in [6, 6.07) is 8.77. The van der Waals surface area contributed by atoms with E-state index >= 15 is 0 Å². The Labute approximate surface area is 142 Å². The molecule has 23 heavy (non-hydrogen) atoms. The maximum atomic E-state index is 13.4. The second-order valence-electron chi connectivity index (χ2n) is 4.82. The molecule has 2 aromatic rings. The van der Waals surface area contributed by atoms with E-state index in [4.69, 9.17) is 23.2 Å². The van der Waals surface area contributed by atoms with Crippen molar-refractivity contribution in [3.8, 4) is 0 Å². The zero-order valence-corrected chi connectivity index (χ0v) is 13.6. The Balaban J connectivity index is 1.93. The molecule has 4 nitrogen and oxygen atoms in total. The summed E-state index contributed by atoms with van der Waals surface area (Å²) in [7, 11) is 0. The lowest BCUT2D eigenvalue weighted by molar-refractivity contribution is -0.115. The molecule has 2 N–H and O–H groups in total. The van der Waals surface area contributed by atoms with Crippen molar-refractivity contribution in [2.75, 3.05) is 11.9 Å². The highest BCUT2D eigenvalue weighted by Crippen LogP contribution is 2.20. The molecule has 0 fully saturated rings. The van der Waals surface area contributed by atoms with Crippen LogP contribution >= 0.6 is 23.2 Å². The van der Waals surface area contributed by atoms with Crippen LogP contribution in [0.5, 0.6) is 0 Å². The van der Waals surface area contributed by atoms with E-state index < -0.39 is 17.6 Å². The first-order chi connectivity index (χ1) is 10.9. The van der Waals surface area contributed by atoms with Crippen molar-refractivity contribution in [1.82, 2.24) is 5.32 Å². The van der Waals surface area contributed by atoms with Gasteiger partial charge in [0.1, 0.15) is 5.82 Å². The zero-order chi connectivity index (χ0) is 17.0. The number of halogens is 3. The lowest BCUT2D eigenvalue weighted by atomic mass is 10.2. The molecule has 0 bridgehead atoms. The van der Waals surface area contributed by atoms with Crippen molar-refractivity contribution in [3.05, 3.63) is 63.4 Å². The Morgan fingerprint density at radius 1 is 1.13 bits per heavy atom. The van der Waals surface area contributed by atoms with Crippen LogP contribution in [0.1, 0.15) is 15.9 Å². The van der Waals surface area contributed by atoms with E-state index in [9.17, 15) is 14.0 Å². The number of amides is 2. The monoisotopic (exact) mass is 354 g/mol. The Kier molecular flexibility index (Phi) is 5.58. The molecule has 0 spiro atoms. The summed E-state index contributed by atoms with van der Waals surface area (Å²) in [4.78, 5) is 23.7. The average molecular weight is 355 g/mol.